The van der Waals surface area contributed by atoms with Gasteiger partial charge < -0.3 is 10.3 Å². The summed E-state index contributed by atoms with van der Waals surface area (Å²) in [5, 5.41) is 8.51. The lowest BCUT2D eigenvalue weighted by atomic mass is 10.1. The first-order valence-corrected chi connectivity index (χ1v) is 8.95. The Morgan fingerprint density at radius 2 is 2.04 bits per heavy atom. The zero-order valence-corrected chi connectivity index (χ0v) is 15.4. The molecule has 0 fully saturated rings. The van der Waals surface area contributed by atoms with Crippen LogP contribution in [-0.4, -0.2) is 25.8 Å². The van der Waals surface area contributed by atoms with Crippen molar-refractivity contribution in [3.63, 3.8) is 0 Å². The maximum absolute atomic E-state index is 12.4. The molecule has 0 saturated carbocycles. The molecule has 6 nitrogen and oxygen atoms in total. The topological polar surface area (TPSA) is 75.6 Å². The number of H-pyrrole nitrogens is 1. The van der Waals surface area contributed by atoms with E-state index in [2.05, 4.69) is 34.2 Å². The van der Waals surface area contributed by atoms with Gasteiger partial charge in [-0.15, -0.1) is 11.3 Å². The van der Waals surface area contributed by atoms with Gasteiger partial charge in [0.2, 0.25) is 0 Å². The molecule has 2 N–H and O–H groups in total. The fraction of sp³-hybridized carbons (Fsp3) is 0.471. The molecular weight excluding hydrogens is 322 g/mol. The van der Waals surface area contributed by atoms with E-state index in [0.29, 0.717) is 11.2 Å². The van der Waals surface area contributed by atoms with Gasteiger partial charge in [0, 0.05) is 23.3 Å². The van der Waals surface area contributed by atoms with Crippen molar-refractivity contribution >= 4 is 21.6 Å². The van der Waals surface area contributed by atoms with Crippen LogP contribution in [0.3, 0.4) is 0 Å². The second-order valence-corrected chi connectivity index (χ2v) is 7.52. The average Bonchev–Trinajstić information content (AvgIpc) is 3.15. The Balaban J connectivity index is 1.83. The van der Waals surface area contributed by atoms with E-state index in [-0.39, 0.29) is 23.7 Å². The minimum atomic E-state index is -0.0576. The number of aromatic nitrogens is 4. The molecule has 128 valence electrons. The quantitative estimate of drug-likeness (QED) is 0.745. The highest BCUT2D eigenvalue weighted by molar-refractivity contribution is 7.18. The Morgan fingerprint density at radius 1 is 1.29 bits per heavy atom. The number of aryl methyl sites for hydroxylation is 2. The van der Waals surface area contributed by atoms with E-state index in [1.54, 1.807) is 17.5 Å². The Labute approximate surface area is 144 Å². The van der Waals surface area contributed by atoms with E-state index in [1.807, 2.05) is 37.7 Å². The minimum absolute atomic E-state index is 0.0572. The van der Waals surface area contributed by atoms with E-state index >= 15 is 0 Å². The summed E-state index contributed by atoms with van der Waals surface area (Å²) < 4.78 is 1.93. The highest BCUT2D eigenvalue weighted by Gasteiger charge is 2.20. The number of hydrogen-bond acceptors (Lipinski definition) is 5. The summed E-state index contributed by atoms with van der Waals surface area (Å²) >= 11 is 1.57. The summed E-state index contributed by atoms with van der Waals surface area (Å²) in [5.74, 6) is 0.674. The molecule has 0 spiro atoms. The minimum Gasteiger partial charge on any atom is -0.309 e. The Kier molecular flexibility index (Phi) is 4.56. The van der Waals surface area contributed by atoms with Crippen LogP contribution >= 0.6 is 11.3 Å². The van der Waals surface area contributed by atoms with Crippen LogP contribution in [-0.2, 0) is 0 Å². The van der Waals surface area contributed by atoms with E-state index < -0.39 is 0 Å². The Bertz CT molecular complexity index is 896. The molecule has 0 amide bonds. The van der Waals surface area contributed by atoms with Crippen LogP contribution < -0.4 is 10.9 Å². The molecule has 3 atom stereocenters. The van der Waals surface area contributed by atoms with Crippen molar-refractivity contribution < 1.29 is 0 Å². The van der Waals surface area contributed by atoms with Crippen LogP contribution in [0.2, 0.25) is 0 Å². The summed E-state index contributed by atoms with van der Waals surface area (Å²) in [6.45, 7) is 10.2. The molecule has 0 aliphatic heterocycles. The molecule has 3 aromatic rings. The van der Waals surface area contributed by atoms with Gasteiger partial charge in [0.25, 0.3) is 5.56 Å². The molecule has 0 radical (unpaired) electrons. The van der Waals surface area contributed by atoms with Gasteiger partial charge in [-0.1, -0.05) is 0 Å². The van der Waals surface area contributed by atoms with Crippen LogP contribution in [0.4, 0.5) is 0 Å². The van der Waals surface area contributed by atoms with Gasteiger partial charge in [-0.3, -0.25) is 9.48 Å². The third kappa shape index (κ3) is 3.01. The number of nitrogens with one attached hydrogen (secondary N) is 2. The first-order chi connectivity index (χ1) is 11.4. The number of rotatable bonds is 5. The second kappa shape index (κ2) is 6.49. The lowest BCUT2D eigenvalue weighted by molar-refractivity contribution is 0.337. The predicted octanol–water partition coefficient (Wildman–Crippen LogP) is 3.10. The highest BCUT2D eigenvalue weighted by atomic mass is 32.1. The fourth-order valence-corrected chi connectivity index (χ4v) is 3.88. The highest BCUT2D eigenvalue weighted by Crippen LogP contribution is 2.26. The third-order valence-electron chi connectivity index (χ3n) is 4.65. The molecule has 3 rings (SSSR count). The molecule has 24 heavy (non-hydrogen) atoms. The maximum Gasteiger partial charge on any atom is 0.259 e. The molecule has 0 aromatic carbocycles. The first kappa shape index (κ1) is 16.9. The molecule has 0 aliphatic carbocycles. The van der Waals surface area contributed by atoms with E-state index in [1.165, 1.54) is 0 Å². The van der Waals surface area contributed by atoms with Crippen molar-refractivity contribution in [1.82, 2.24) is 25.1 Å². The van der Waals surface area contributed by atoms with Gasteiger partial charge in [-0.2, -0.15) is 5.10 Å². The average molecular weight is 345 g/mol. The third-order valence-corrected chi connectivity index (χ3v) is 5.75. The number of thiophene rings is 1. The predicted molar refractivity (Wildman–Crippen MR) is 97.7 cm³/mol. The number of hydrogen-bond donors (Lipinski definition) is 2. The monoisotopic (exact) mass is 345 g/mol. The molecule has 3 aromatic heterocycles. The zero-order valence-electron chi connectivity index (χ0n) is 14.6. The Hall–Kier alpha value is -1.99. The number of fused-ring (bicyclic) bond motifs is 1. The molecule has 0 saturated heterocycles. The van der Waals surface area contributed by atoms with Crippen molar-refractivity contribution in [2.75, 3.05) is 0 Å². The van der Waals surface area contributed by atoms with Crippen molar-refractivity contribution in [3.8, 4) is 0 Å². The number of nitrogens with zero attached hydrogens (tertiary/aromatic N) is 3. The van der Waals surface area contributed by atoms with Gasteiger partial charge >= 0.3 is 0 Å². The van der Waals surface area contributed by atoms with Gasteiger partial charge in [0.15, 0.2) is 0 Å². The zero-order chi connectivity index (χ0) is 17.4. The molecule has 0 unspecified atom stereocenters. The summed E-state index contributed by atoms with van der Waals surface area (Å²) in [4.78, 5) is 22.0. The first-order valence-electron chi connectivity index (χ1n) is 8.13. The normalized spacial score (nSPS) is 15.5. The van der Waals surface area contributed by atoms with Crippen LogP contribution in [0.15, 0.2) is 23.3 Å². The molecule has 0 aliphatic rings. The maximum atomic E-state index is 12.4. The van der Waals surface area contributed by atoms with Gasteiger partial charge in [0.1, 0.15) is 10.7 Å². The van der Waals surface area contributed by atoms with Crippen LogP contribution in [0.5, 0.6) is 0 Å². The van der Waals surface area contributed by atoms with Crippen LogP contribution in [0, 0.1) is 13.8 Å². The van der Waals surface area contributed by atoms with Crippen molar-refractivity contribution in [3.05, 3.63) is 45.1 Å². The number of aromatic amines is 1. The lowest BCUT2D eigenvalue weighted by Gasteiger charge is -2.25. The standard InChI is InChI=1S/C17H23N5OS/c1-9-13(5)24-17-14(9)16(23)20-15(21-17)11(3)19-10(2)12(4)22-8-6-7-18-22/h6-8,10-12,19H,1-5H3,(H,20,21,23)/t10-,11+,12-/m1/s1. The molecule has 0 bridgehead atoms. The lowest BCUT2D eigenvalue weighted by Crippen LogP contribution is -2.36. The van der Waals surface area contributed by atoms with Gasteiger partial charge in [-0.25, -0.2) is 4.98 Å². The summed E-state index contributed by atoms with van der Waals surface area (Å²) in [6, 6.07) is 2.23. The van der Waals surface area contributed by atoms with Gasteiger partial charge in [0.05, 0.1) is 17.5 Å². The Morgan fingerprint density at radius 3 is 2.71 bits per heavy atom. The second-order valence-electron chi connectivity index (χ2n) is 6.32. The molecular formula is C17H23N5OS. The summed E-state index contributed by atoms with van der Waals surface area (Å²) in [5.41, 5.74) is 0.967. The smallest absolute Gasteiger partial charge is 0.259 e. The summed E-state index contributed by atoms with van der Waals surface area (Å²) in [6.07, 6.45) is 3.73. The van der Waals surface area contributed by atoms with Crippen LogP contribution in [0.25, 0.3) is 10.2 Å². The van der Waals surface area contributed by atoms with Crippen molar-refractivity contribution in [1.29, 1.82) is 0 Å². The fourth-order valence-electron chi connectivity index (χ4n) is 2.84. The summed E-state index contributed by atoms with van der Waals surface area (Å²) in [7, 11) is 0. The van der Waals surface area contributed by atoms with Gasteiger partial charge in [-0.05, 0) is 46.2 Å². The largest absolute Gasteiger partial charge is 0.309 e. The van der Waals surface area contributed by atoms with E-state index in [4.69, 9.17) is 0 Å². The van der Waals surface area contributed by atoms with E-state index in [0.717, 1.165) is 15.3 Å². The molecule has 7 heteroatoms. The van der Waals surface area contributed by atoms with Crippen molar-refractivity contribution in [2.24, 2.45) is 0 Å². The SMILES string of the molecule is Cc1sc2nc([C@H](C)N[C@H](C)[C@@H](C)n3cccn3)[nH]c(=O)c2c1C. The van der Waals surface area contributed by atoms with E-state index in [9.17, 15) is 4.79 Å². The van der Waals surface area contributed by atoms with Crippen molar-refractivity contribution in [2.45, 2.75) is 52.7 Å². The van der Waals surface area contributed by atoms with Crippen LogP contribution in [0.1, 0.15) is 49.1 Å². The molecule has 3 heterocycles.